The highest BCUT2D eigenvalue weighted by Crippen LogP contribution is 2.16. The van der Waals surface area contributed by atoms with E-state index in [0.717, 1.165) is 36.6 Å². The molecule has 2 rings (SSSR count). The number of aliphatic hydroxyl groups excluding tert-OH is 1. The van der Waals surface area contributed by atoms with E-state index in [1.165, 1.54) is 5.56 Å². The molecule has 2 N–H and O–H groups in total. The van der Waals surface area contributed by atoms with Crippen LogP contribution in [0.25, 0.3) is 0 Å². The molecule has 0 aliphatic heterocycles. The largest absolute Gasteiger partial charge is 0.494 e. The molecule has 0 fully saturated rings. The average molecular weight is 271 g/mol. The van der Waals surface area contributed by atoms with Crippen LogP contribution >= 0.6 is 0 Å². The third-order valence-electron chi connectivity index (χ3n) is 3.03. The fourth-order valence-electron chi connectivity index (χ4n) is 1.86. The van der Waals surface area contributed by atoms with Crippen molar-refractivity contribution in [2.75, 3.05) is 11.9 Å². The van der Waals surface area contributed by atoms with E-state index >= 15 is 0 Å². The lowest BCUT2D eigenvalue weighted by Crippen LogP contribution is -2.00. The van der Waals surface area contributed by atoms with Gasteiger partial charge in [-0.3, -0.25) is 0 Å². The van der Waals surface area contributed by atoms with E-state index in [9.17, 15) is 0 Å². The second-order valence-electron chi connectivity index (χ2n) is 4.70. The van der Waals surface area contributed by atoms with E-state index in [1.54, 1.807) is 0 Å². The van der Waals surface area contributed by atoms with Crippen molar-refractivity contribution in [3.63, 3.8) is 0 Å². The molecule has 0 saturated carbocycles. The van der Waals surface area contributed by atoms with E-state index < -0.39 is 0 Å². The Labute approximate surface area is 120 Å². The quantitative estimate of drug-likeness (QED) is 0.808. The smallest absolute Gasteiger partial charge is 0.119 e. The standard InChI is InChI=1S/C17H21NO2/c1-2-11-20-17-9-7-16(8-10-17)18-12-14-3-5-15(13-19)6-4-14/h3-10,18-19H,2,11-13H2,1H3. The first-order chi connectivity index (χ1) is 9.81. The van der Waals surface area contributed by atoms with Crippen LogP contribution in [0.3, 0.4) is 0 Å². The highest BCUT2D eigenvalue weighted by molar-refractivity contribution is 5.46. The Hall–Kier alpha value is -2.00. The van der Waals surface area contributed by atoms with Gasteiger partial charge in [-0.1, -0.05) is 31.2 Å². The van der Waals surface area contributed by atoms with Crippen molar-refractivity contribution in [1.82, 2.24) is 0 Å². The molecule has 2 aromatic carbocycles. The maximum atomic E-state index is 9.00. The summed E-state index contributed by atoms with van der Waals surface area (Å²) in [5, 5.41) is 12.4. The molecular weight excluding hydrogens is 250 g/mol. The molecule has 0 bridgehead atoms. The van der Waals surface area contributed by atoms with E-state index in [1.807, 2.05) is 48.5 Å². The average Bonchev–Trinajstić information content (AvgIpc) is 2.52. The minimum atomic E-state index is 0.0902. The Morgan fingerprint density at radius 2 is 1.60 bits per heavy atom. The molecular formula is C17H21NO2. The van der Waals surface area contributed by atoms with Gasteiger partial charge in [-0.05, 0) is 41.8 Å². The summed E-state index contributed by atoms with van der Waals surface area (Å²) in [5.74, 6) is 0.907. The van der Waals surface area contributed by atoms with Gasteiger partial charge in [0, 0.05) is 12.2 Å². The third kappa shape index (κ3) is 4.28. The Bertz CT molecular complexity index is 506. The van der Waals surface area contributed by atoms with E-state index in [-0.39, 0.29) is 6.61 Å². The monoisotopic (exact) mass is 271 g/mol. The van der Waals surface area contributed by atoms with Gasteiger partial charge >= 0.3 is 0 Å². The lowest BCUT2D eigenvalue weighted by molar-refractivity contribution is 0.282. The molecule has 0 aliphatic carbocycles. The molecule has 20 heavy (non-hydrogen) atoms. The molecule has 0 spiro atoms. The summed E-state index contributed by atoms with van der Waals surface area (Å²) in [6.45, 7) is 3.70. The highest BCUT2D eigenvalue weighted by atomic mass is 16.5. The summed E-state index contributed by atoms with van der Waals surface area (Å²) in [7, 11) is 0. The molecule has 0 aliphatic rings. The SMILES string of the molecule is CCCOc1ccc(NCc2ccc(CO)cc2)cc1. The second-order valence-corrected chi connectivity index (χ2v) is 4.70. The summed E-state index contributed by atoms with van der Waals surface area (Å²) in [5.41, 5.74) is 3.19. The lowest BCUT2D eigenvalue weighted by atomic mass is 10.1. The maximum Gasteiger partial charge on any atom is 0.119 e. The number of anilines is 1. The molecule has 0 amide bonds. The van der Waals surface area contributed by atoms with Crippen molar-refractivity contribution in [3.8, 4) is 5.75 Å². The molecule has 0 radical (unpaired) electrons. The summed E-state index contributed by atoms with van der Waals surface area (Å²) in [6, 6.07) is 15.9. The van der Waals surface area contributed by atoms with Crippen molar-refractivity contribution >= 4 is 5.69 Å². The zero-order valence-electron chi connectivity index (χ0n) is 11.8. The molecule has 0 saturated heterocycles. The number of benzene rings is 2. The predicted molar refractivity (Wildman–Crippen MR) is 81.9 cm³/mol. The van der Waals surface area contributed by atoms with E-state index in [2.05, 4.69) is 12.2 Å². The van der Waals surface area contributed by atoms with Crippen molar-refractivity contribution in [2.45, 2.75) is 26.5 Å². The highest BCUT2D eigenvalue weighted by Gasteiger charge is 1.97. The number of ether oxygens (including phenoxy) is 1. The van der Waals surface area contributed by atoms with Gasteiger partial charge in [0.1, 0.15) is 5.75 Å². The molecule has 0 aromatic heterocycles. The van der Waals surface area contributed by atoms with Crippen molar-refractivity contribution in [3.05, 3.63) is 59.7 Å². The topological polar surface area (TPSA) is 41.5 Å². The Morgan fingerprint density at radius 1 is 0.950 bits per heavy atom. The minimum Gasteiger partial charge on any atom is -0.494 e. The first-order valence-corrected chi connectivity index (χ1v) is 6.97. The Kier molecular flexibility index (Phi) is 5.44. The molecule has 106 valence electrons. The summed E-state index contributed by atoms with van der Waals surface area (Å²) < 4.78 is 5.55. The van der Waals surface area contributed by atoms with E-state index in [4.69, 9.17) is 9.84 Å². The van der Waals surface area contributed by atoms with Crippen LogP contribution in [0.5, 0.6) is 5.75 Å². The van der Waals surface area contributed by atoms with Crippen LogP contribution in [0.15, 0.2) is 48.5 Å². The lowest BCUT2D eigenvalue weighted by Gasteiger charge is -2.09. The van der Waals surface area contributed by atoms with Gasteiger partial charge in [-0.15, -0.1) is 0 Å². The fourth-order valence-corrected chi connectivity index (χ4v) is 1.86. The van der Waals surface area contributed by atoms with Gasteiger partial charge in [0.15, 0.2) is 0 Å². The number of nitrogens with one attached hydrogen (secondary N) is 1. The number of hydrogen-bond donors (Lipinski definition) is 2. The predicted octanol–water partition coefficient (Wildman–Crippen LogP) is 3.58. The van der Waals surface area contributed by atoms with Crippen LogP contribution in [0.1, 0.15) is 24.5 Å². The first kappa shape index (κ1) is 14.4. The molecule has 0 unspecified atom stereocenters. The van der Waals surface area contributed by atoms with Gasteiger partial charge in [-0.2, -0.15) is 0 Å². The molecule has 0 atom stereocenters. The molecule has 2 aromatic rings. The Morgan fingerprint density at radius 3 is 2.20 bits per heavy atom. The zero-order chi connectivity index (χ0) is 14.2. The molecule has 0 heterocycles. The van der Waals surface area contributed by atoms with Crippen molar-refractivity contribution in [2.24, 2.45) is 0 Å². The number of hydrogen-bond acceptors (Lipinski definition) is 3. The second kappa shape index (κ2) is 7.56. The van der Waals surface area contributed by atoms with Gasteiger partial charge in [0.2, 0.25) is 0 Å². The van der Waals surface area contributed by atoms with Crippen LogP contribution in [0.4, 0.5) is 5.69 Å². The van der Waals surface area contributed by atoms with Crippen molar-refractivity contribution in [1.29, 1.82) is 0 Å². The van der Waals surface area contributed by atoms with Crippen LogP contribution in [-0.4, -0.2) is 11.7 Å². The Balaban J connectivity index is 1.86. The third-order valence-corrected chi connectivity index (χ3v) is 3.03. The summed E-state index contributed by atoms with van der Waals surface area (Å²) in [6.07, 6.45) is 1.02. The molecule has 3 nitrogen and oxygen atoms in total. The van der Waals surface area contributed by atoms with Crippen LogP contribution in [0.2, 0.25) is 0 Å². The first-order valence-electron chi connectivity index (χ1n) is 6.97. The van der Waals surface area contributed by atoms with Gasteiger partial charge < -0.3 is 15.2 Å². The number of aliphatic hydroxyl groups is 1. The van der Waals surface area contributed by atoms with Gasteiger partial charge in [-0.25, -0.2) is 0 Å². The van der Waals surface area contributed by atoms with Gasteiger partial charge in [0.05, 0.1) is 13.2 Å². The van der Waals surface area contributed by atoms with Crippen LogP contribution < -0.4 is 10.1 Å². The summed E-state index contributed by atoms with van der Waals surface area (Å²) >= 11 is 0. The number of rotatable bonds is 7. The molecule has 3 heteroatoms. The van der Waals surface area contributed by atoms with Gasteiger partial charge in [0.25, 0.3) is 0 Å². The van der Waals surface area contributed by atoms with Crippen LogP contribution in [-0.2, 0) is 13.2 Å². The summed E-state index contributed by atoms with van der Waals surface area (Å²) in [4.78, 5) is 0. The zero-order valence-corrected chi connectivity index (χ0v) is 11.8. The van der Waals surface area contributed by atoms with Crippen LogP contribution in [0, 0.1) is 0 Å². The minimum absolute atomic E-state index is 0.0902. The normalized spacial score (nSPS) is 10.3. The fraction of sp³-hybridized carbons (Fsp3) is 0.294. The van der Waals surface area contributed by atoms with E-state index in [0.29, 0.717) is 0 Å². The maximum absolute atomic E-state index is 9.00. The van der Waals surface area contributed by atoms with Crippen molar-refractivity contribution < 1.29 is 9.84 Å².